The van der Waals surface area contributed by atoms with Crippen molar-refractivity contribution in [2.24, 2.45) is 0 Å². The molecule has 0 bridgehead atoms. The summed E-state index contributed by atoms with van der Waals surface area (Å²) < 4.78 is 42.6. The van der Waals surface area contributed by atoms with Gasteiger partial charge in [-0.05, 0) is 35.4 Å². The van der Waals surface area contributed by atoms with Crippen LogP contribution in [0.15, 0.2) is 48.5 Å². The van der Waals surface area contributed by atoms with Crippen LogP contribution in [0.2, 0.25) is 0 Å². The zero-order chi connectivity index (χ0) is 18.4. The van der Waals surface area contributed by atoms with Crippen LogP contribution in [0.3, 0.4) is 0 Å². The number of nitrogens with zero attached hydrogens (tertiary/aromatic N) is 1. The van der Waals surface area contributed by atoms with E-state index in [2.05, 4.69) is 4.74 Å². The van der Waals surface area contributed by atoms with Crippen molar-refractivity contribution in [3.05, 3.63) is 65.5 Å². The Morgan fingerprint density at radius 1 is 1.16 bits per heavy atom. The number of carboxylic acid groups (broad SMARTS) is 1. The molecule has 0 spiro atoms. The highest BCUT2D eigenvalue weighted by Crippen LogP contribution is 2.37. The third-order valence-electron chi connectivity index (χ3n) is 3.66. The van der Waals surface area contributed by atoms with Gasteiger partial charge >= 0.3 is 12.6 Å². The van der Waals surface area contributed by atoms with Crippen molar-refractivity contribution >= 4 is 5.97 Å². The first kappa shape index (κ1) is 18.3. The van der Waals surface area contributed by atoms with Gasteiger partial charge in [-0.2, -0.15) is 14.0 Å². The van der Waals surface area contributed by atoms with Crippen LogP contribution >= 0.6 is 0 Å². The molecule has 0 saturated heterocycles. The Labute approximate surface area is 142 Å². The second kappa shape index (κ2) is 8.20. The Bertz CT molecular complexity index is 789. The summed E-state index contributed by atoms with van der Waals surface area (Å²) in [5, 5.41) is 18.7. The fourth-order valence-corrected chi connectivity index (χ4v) is 2.63. The predicted molar refractivity (Wildman–Crippen MR) is 82.8 cm³/mol. The standard InChI is InChI=1S/C18H14F3NO3/c19-13-5-1-3-11(7-13)16(10-22)15(9-17(23)24)12-4-2-6-14(8-12)25-18(20)21/h1-8,15-16,18H,9H2,(H,23,24). The van der Waals surface area contributed by atoms with E-state index in [1.54, 1.807) is 0 Å². The molecule has 2 atom stereocenters. The van der Waals surface area contributed by atoms with E-state index in [9.17, 15) is 28.3 Å². The van der Waals surface area contributed by atoms with Crippen LogP contribution in [0.1, 0.15) is 29.4 Å². The highest BCUT2D eigenvalue weighted by molar-refractivity contribution is 5.68. The maximum absolute atomic E-state index is 13.5. The average Bonchev–Trinajstić information content (AvgIpc) is 2.54. The summed E-state index contributed by atoms with van der Waals surface area (Å²) in [4.78, 5) is 11.2. The number of carbonyl (C=O) groups is 1. The van der Waals surface area contributed by atoms with Crippen LogP contribution in [0.25, 0.3) is 0 Å². The number of benzene rings is 2. The van der Waals surface area contributed by atoms with Crippen LogP contribution in [-0.2, 0) is 4.79 Å². The van der Waals surface area contributed by atoms with Crippen LogP contribution in [0.4, 0.5) is 13.2 Å². The van der Waals surface area contributed by atoms with Gasteiger partial charge in [0.1, 0.15) is 11.6 Å². The maximum Gasteiger partial charge on any atom is 0.387 e. The molecule has 0 aliphatic carbocycles. The van der Waals surface area contributed by atoms with E-state index in [0.29, 0.717) is 11.1 Å². The molecule has 0 aliphatic heterocycles. The molecule has 0 aliphatic rings. The second-order valence-electron chi connectivity index (χ2n) is 5.32. The highest BCUT2D eigenvalue weighted by Gasteiger charge is 2.28. The van der Waals surface area contributed by atoms with Crippen molar-refractivity contribution in [3.8, 4) is 11.8 Å². The van der Waals surface area contributed by atoms with Gasteiger partial charge in [0.05, 0.1) is 18.4 Å². The summed E-state index contributed by atoms with van der Waals surface area (Å²) in [6, 6.07) is 12.8. The molecular weight excluding hydrogens is 335 g/mol. The molecule has 4 nitrogen and oxygen atoms in total. The molecule has 0 heterocycles. The molecule has 2 aromatic carbocycles. The first-order chi connectivity index (χ1) is 11.9. The summed E-state index contributed by atoms with van der Waals surface area (Å²) in [6.45, 7) is -3.02. The van der Waals surface area contributed by atoms with Crippen molar-refractivity contribution in [2.75, 3.05) is 0 Å². The minimum absolute atomic E-state index is 0.140. The van der Waals surface area contributed by atoms with Crippen LogP contribution < -0.4 is 4.74 Å². The number of rotatable bonds is 7. The Balaban J connectivity index is 2.44. The fraction of sp³-hybridized carbons (Fsp3) is 0.222. The molecule has 7 heteroatoms. The Kier molecular flexibility index (Phi) is 6.01. The SMILES string of the molecule is N#CC(c1cccc(F)c1)C(CC(=O)O)c1cccc(OC(F)F)c1. The number of hydrogen-bond acceptors (Lipinski definition) is 3. The van der Waals surface area contributed by atoms with Crippen molar-refractivity contribution in [2.45, 2.75) is 24.9 Å². The summed E-state index contributed by atoms with van der Waals surface area (Å²) in [5.74, 6) is -3.68. The van der Waals surface area contributed by atoms with Gasteiger partial charge in [-0.15, -0.1) is 0 Å². The fourth-order valence-electron chi connectivity index (χ4n) is 2.63. The molecule has 0 fully saturated rings. The molecule has 0 amide bonds. The molecule has 25 heavy (non-hydrogen) atoms. The molecular formula is C18H14F3NO3. The highest BCUT2D eigenvalue weighted by atomic mass is 19.3. The van der Waals surface area contributed by atoms with E-state index < -0.39 is 36.7 Å². The monoisotopic (exact) mass is 349 g/mol. The van der Waals surface area contributed by atoms with Gasteiger partial charge in [-0.3, -0.25) is 4.79 Å². The molecule has 0 aromatic heterocycles. The van der Waals surface area contributed by atoms with Gasteiger partial charge in [-0.25, -0.2) is 4.39 Å². The summed E-state index contributed by atoms with van der Waals surface area (Å²) >= 11 is 0. The molecule has 2 aromatic rings. The van der Waals surface area contributed by atoms with Crippen LogP contribution in [-0.4, -0.2) is 17.7 Å². The third kappa shape index (κ3) is 4.98. The minimum Gasteiger partial charge on any atom is -0.481 e. The number of hydrogen-bond donors (Lipinski definition) is 1. The van der Waals surface area contributed by atoms with Crippen LogP contribution in [0.5, 0.6) is 5.75 Å². The zero-order valence-electron chi connectivity index (χ0n) is 12.9. The Hall–Kier alpha value is -3.01. The lowest BCUT2D eigenvalue weighted by atomic mass is 9.80. The Morgan fingerprint density at radius 2 is 1.84 bits per heavy atom. The first-order valence-electron chi connectivity index (χ1n) is 7.32. The zero-order valence-corrected chi connectivity index (χ0v) is 12.9. The average molecular weight is 349 g/mol. The predicted octanol–water partition coefficient (Wildman–Crippen LogP) is 4.29. The second-order valence-corrected chi connectivity index (χ2v) is 5.32. The number of aliphatic carboxylic acids is 1. The number of halogens is 3. The quantitative estimate of drug-likeness (QED) is 0.809. The van der Waals surface area contributed by atoms with Crippen molar-refractivity contribution in [3.63, 3.8) is 0 Å². The van der Waals surface area contributed by atoms with E-state index in [1.165, 1.54) is 42.5 Å². The third-order valence-corrected chi connectivity index (χ3v) is 3.66. The number of ether oxygens (including phenoxy) is 1. The van der Waals surface area contributed by atoms with Gasteiger partial charge in [0.2, 0.25) is 0 Å². The van der Waals surface area contributed by atoms with Crippen molar-refractivity contribution in [1.29, 1.82) is 5.26 Å². The van der Waals surface area contributed by atoms with Gasteiger partial charge in [0, 0.05) is 5.92 Å². The van der Waals surface area contributed by atoms with Gasteiger partial charge in [0.25, 0.3) is 0 Å². The van der Waals surface area contributed by atoms with Crippen LogP contribution in [0, 0.1) is 17.1 Å². The normalized spacial score (nSPS) is 13.1. The number of carboxylic acids is 1. The largest absolute Gasteiger partial charge is 0.481 e. The van der Waals surface area contributed by atoms with Gasteiger partial charge < -0.3 is 9.84 Å². The number of nitriles is 1. The lowest BCUT2D eigenvalue weighted by Gasteiger charge is -2.22. The van der Waals surface area contributed by atoms with E-state index in [4.69, 9.17) is 0 Å². The summed E-state index contributed by atoms with van der Waals surface area (Å²) in [6.07, 6.45) is -0.424. The summed E-state index contributed by atoms with van der Waals surface area (Å²) in [7, 11) is 0. The van der Waals surface area contributed by atoms with E-state index in [0.717, 1.165) is 6.07 Å². The molecule has 130 valence electrons. The number of alkyl halides is 2. The summed E-state index contributed by atoms with van der Waals surface area (Å²) in [5.41, 5.74) is 0.658. The topological polar surface area (TPSA) is 70.3 Å². The van der Waals surface area contributed by atoms with E-state index >= 15 is 0 Å². The lowest BCUT2D eigenvalue weighted by Crippen LogP contribution is -2.15. The maximum atomic E-state index is 13.5. The first-order valence-corrected chi connectivity index (χ1v) is 7.32. The minimum atomic E-state index is -3.02. The smallest absolute Gasteiger partial charge is 0.387 e. The molecule has 2 rings (SSSR count). The molecule has 1 N–H and O–H groups in total. The van der Waals surface area contributed by atoms with Crippen molar-refractivity contribution < 1.29 is 27.8 Å². The van der Waals surface area contributed by atoms with E-state index in [1.807, 2.05) is 6.07 Å². The van der Waals surface area contributed by atoms with Gasteiger partial charge in [0.15, 0.2) is 0 Å². The molecule has 0 radical (unpaired) electrons. The van der Waals surface area contributed by atoms with Crippen molar-refractivity contribution in [1.82, 2.24) is 0 Å². The lowest BCUT2D eigenvalue weighted by molar-refractivity contribution is -0.137. The molecule has 0 saturated carbocycles. The van der Waals surface area contributed by atoms with E-state index in [-0.39, 0.29) is 5.75 Å². The molecule has 2 unspecified atom stereocenters. The Morgan fingerprint density at radius 3 is 2.44 bits per heavy atom. The van der Waals surface area contributed by atoms with Gasteiger partial charge in [-0.1, -0.05) is 24.3 Å².